The molecule has 2 aromatic carbocycles. The third-order valence-electron chi connectivity index (χ3n) is 6.78. The molecule has 1 heterocycles. The molecule has 0 radical (unpaired) electrons. The molecular formula is C26H27Cl2F3N2O2. The minimum atomic E-state index is -4.41. The first-order valence-corrected chi connectivity index (χ1v) is 12.5. The Hall–Kier alpha value is -2.22. The van der Waals surface area contributed by atoms with Crippen LogP contribution in [0.4, 0.5) is 13.2 Å². The number of hydrogen-bond acceptors (Lipinski definition) is 3. The fourth-order valence-electron chi connectivity index (χ4n) is 5.27. The van der Waals surface area contributed by atoms with E-state index in [-0.39, 0.29) is 24.4 Å². The lowest BCUT2D eigenvalue weighted by atomic mass is 9.81. The summed E-state index contributed by atoms with van der Waals surface area (Å²) in [5, 5.41) is 12.6. The van der Waals surface area contributed by atoms with Gasteiger partial charge in [-0.25, -0.2) is 5.43 Å². The van der Waals surface area contributed by atoms with E-state index in [0.717, 1.165) is 60.2 Å². The van der Waals surface area contributed by atoms with Crippen LogP contribution in [0.2, 0.25) is 10.0 Å². The van der Waals surface area contributed by atoms with E-state index in [1.165, 1.54) is 12.1 Å². The summed E-state index contributed by atoms with van der Waals surface area (Å²) >= 11 is 12.7. The highest BCUT2D eigenvalue weighted by atomic mass is 35.5. The van der Waals surface area contributed by atoms with Gasteiger partial charge in [-0.1, -0.05) is 54.7 Å². The molecule has 4 nitrogen and oxygen atoms in total. The minimum Gasteiger partial charge on any atom is -0.481 e. The number of hydrazine groups is 1. The van der Waals surface area contributed by atoms with Crippen molar-refractivity contribution in [3.05, 3.63) is 80.5 Å². The fraction of sp³-hybridized carbons (Fsp3) is 0.423. The summed E-state index contributed by atoms with van der Waals surface area (Å²) in [7, 11) is 0. The van der Waals surface area contributed by atoms with E-state index in [2.05, 4.69) is 5.43 Å². The maximum absolute atomic E-state index is 13.2. The highest BCUT2D eigenvalue weighted by molar-refractivity contribution is 6.35. The number of hydrogen-bond donors (Lipinski definition) is 2. The van der Waals surface area contributed by atoms with Gasteiger partial charge in [0, 0.05) is 21.7 Å². The molecule has 0 saturated carbocycles. The molecule has 2 N–H and O–H groups in total. The number of nitrogens with one attached hydrogen (secondary N) is 1. The van der Waals surface area contributed by atoms with Crippen molar-refractivity contribution < 1.29 is 23.1 Å². The normalized spacial score (nSPS) is 21.3. The summed E-state index contributed by atoms with van der Waals surface area (Å²) in [6.45, 7) is 2.02. The second kappa shape index (κ2) is 10.4. The number of allylic oxidation sites excluding steroid dienone is 1. The van der Waals surface area contributed by atoms with Crippen LogP contribution in [-0.2, 0) is 11.0 Å². The summed E-state index contributed by atoms with van der Waals surface area (Å²) in [6, 6.07) is 10.0. The zero-order chi connectivity index (χ0) is 25.3. The van der Waals surface area contributed by atoms with Gasteiger partial charge in [0.2, 0.25) is 0 Å². The van der Waals surface area contributed by atoms with Crippen molar-refractivity contribution in [1.29, 1.82) is 0 Å². The monoisotopic (exact) mass is 526 g/mol. The average Bonchev–Trinajstić information content (AvgIpc) is 3.17. The van der Waals surface area contributed by atoms with Gasteiger partial charge in [-0.3, -0.25) is 4.79 Å². The van der Waals surface area contributed by atoms with Crippen molar-refractivity contribution in [3.63, 3.8) is 0 Å². The van der Waals surface area contributed by atoms with Crippen LogP contribution in [0.5, 0.6) is 0 Å². The zero-order valence-corrected chi connectivity index (χ0v) is 20.7. The molecule has 3 atom stereocenters. The van der Waals surface area contributed by atoms with E-state index < -0.39 is 17.7 Å². The molecular weight excluding hydrogens is 500 g/mol. The number of carbonyl (C=O) groups is 1. The Bertz CT molecular complexity index is 1120. The Kier molecular flexibility index (Phi) is 7.69. The van der Waals surface area contributed by atoms with Crippen LogP contribution in [0.25, 0.3) is 0 Å². The van der Waals surface area contributed by atoms with Crippen LogP contribution >= 0.6 is 23.2 Å². The van der Waals surface area contributed by atoms with Gasteiger partial charge in [0.25, 0.3) is 0 Å². The number of alkyl halides is 3. The van der Waals surface area contributed by atoms with E-state index in [1.807, 2.05) is 18.0 Å². The Morgan fingerprint density at radius 2 is 1.91 bits per heavy atom. The van der Waals surface area contributed by atoms with Gasteiger partial charge in [0.05, 0.1) is 24.1 Å². The summed E-state index contributed by atoms with van der Waals surface area (Å²) < 4.78 is 39.5. The van der Waals surface area contributed by atoms with Gasteiger partial charge in [-0.05, 0) is 66.6 Å². The zero-order valence-electron chi connectivity index (χ0n) is 19.2. The second-order valence-electron chi connectivity index (χ2n) is 9.12. The van der Waals surface area contributed by atoms with Gasteiger partial charge in [-0.15, -0.1) is 0 Å². The smallest absolute Gasteiger partial charge is 0.416 e. The standard InChI is InChI=1S/C26H27Cl2F3N2O2/c1-2-4-22(15-7-9-17(10-8-15)26(29,30)31)33-25-16(13-23(34)35)5-3-6-20(25)24(32-33)19-12-11-18(27)14-21(19)28/h7-12,14,16,22,24,32H,2-6,13H2,1H3,(H,34,35). The van der Waals surface area contributed by atoms with Crippen LogP contribution in [0.3, 0.4) is 0 Å². The molecule has 0 fully saturated rings. The predicted octanol–water partition coefficient (Wildman–Crippen LogP) is 7.94. The van der Waals surface area contributed by atoms with E-state index in [0.29, 0.717) is 16.5 Å². The highest BCUT2D eigenvalue weighted by Crippen LogP contribution is 2.49. The molecule has 0 spiro atoms. The fourth-order valence-corrected chi connectivity index (χ4v) is 5.79. The molecule has 0 aromatic heterocycles. The van der Waals surface area contributed by atoms with Crippen LogP contribution in [0.1, 0.15) is 74.2 Å². The van der Waals surface area contributed by atoms with Gasteiger partial charge in [-0.2, -0.15) is 13.2 Å². The molecule has 0 amide bonds. The SMILES string of the molecule is CCCC(c1ccc(C(F)(F)F)cc1)N1NC(c2ccc(Cl)cc2Cl)C2=C1C(CC(=O)O)CCC2. The minimum absolute atomic E-state index is 0.00998. The van der Waals surface area contributed by atoms with Crippen molar-refractivity contribution in [1.82, 2.24) is 10.4 Å². The van der Waals surface area contributed by atoms with Crippen molar-refractivity contribution in [2.45, 2.75) is 63.7 Å². The molecule has 188 valence electrons. The molecule has 9 heteroatoms. The molecule has 1 aliphatic heterocycles. The lowest BCUT2D eigenvalue weighted by molar-refractivity contribution is -0.138. The van der Waals surface area contributed by atoms with Gasteiger partial charge >= 0.3 is 12.1 Å². The van der Waals surface area contributed by atoms with Gasteiger partial charge in [0.1, 0.15) is 0 Å². The topological polar surface area (TPSA) is 52.6 Å². The number of aliphatic carboxylic acids is 1. The number of benzene rings is 2. The first-order chi connectivity index (χ1) is 16.6. The molecule has 0 saturated heterocycles. The predicted molar refractivity (Wildman–Crippen MR) is 130 cm³/mol. The number of nitrogens with zero attached hydrogens (tertiary/aromatic N) is 1. The summed E-state index contributed by atoms with van der Waals surface area (Å²) in [6.07, 6.45) is -0.581. The summed E-state index contributed by atoms with van der Waals surface area (Å²) in [5.41, 5.74) is 6.44. The summed E-state index contributed by atoms with van der Waals surface area (Å²) in [4.78, 5) is 11.7. The number of rotatable bonds is 7. The Labute approximate surface area is 212 Å². The van der Waals surface area contributed by atoms with Gasteiger partial charge in [0.15, 0.2) is 0 Å². The molecule has 3 unspecified atom stereocenters. The molecule has 4 rings (SSSR count). The van der Waals surface area contributed by atoms with Crippen LogP contribution in [0.15, 0.2) is 53.7 Å². The Morgan fingerprint density at radius 1 is 1.20 bits per heavy atom. The van der Waals surface area contributed by atoms with Crippen molar-refractivity contribution in [2.24, 2.45) is 5.92 Å². The quantitative estimate of drug-likeness (QED) is 0.384. The van der Waals surface area contributed by atoms with E-state index in [4.69, 9.17) is 23.2 Å². The molecule has 0 bridgehead atoms. The number of carboxylic acids is 1. The first kappa shape index (κ1) is 25.9. The van der Waals surface area contributed by atoms with Crippen molar-refractivity contribution in [2.75, 3.05) is 0 Å². The van der Waals surface area contributed by atoms with E-state index in [9.17, 15) is 23.1 Å². The second-order valence-corrected chi connectivity index (χ2v) is 9.96. The molecule has 2 aliphatic rings. The maximum Gasteiger partial charge on any atom is 0.416 e. The average molecular weight is 527 g/mol. The Balaban J connectivity index is 1.78. The highest BCUT2D eigenvalue weighted by Gasteiger charge is 2.42. The Morgan fingerprint density at radius 3 is 2.51 bits per heavy atom. The van der Waals surface area contributed by atoms with E-state index >= 15 is 0 Å². The van der Waals surface area contributed by atoms with Gasteiger partial charge < -0.3 is 10.1 Å². The lowest BCUT2D eigenvalue weighted by Crippen LogP contribution is -2.39. The molecule has 1 aliphatic carbocycles. The summed E-state index contributed by atoms with van der Waals surface area (Å²) in [5.74, 6) is -1.08. The molecule has 35 heavy (non-hydrogen) atoms. The number of halogens is 5. The maximum atomic E-state index is 13.2. The molecule has 2 aromatic rings. The van der Waals surface area contributed by atoms with Crippen LogP contribution in [0, 0.1) is 5.92 Å². The third-order valence-corrected chi connectivity index (χ3v) is 7.34. The third kappa shape index (κ3) is 5.47. The van der Waals surface area contributed by atoms with E-state index in [1.54, 1.807) is 12.1 Å². The first-order valence-electron chi connectivity index (χ1n) is 11.7. The largest absolute Gasteiger partial charge is 0.481 e. The van der Waals surface area contributed by atoms with Crippen LogP contribution in [-0.4, -0.2) is 16.1 Å². The number of carboxylic acid groups (broad SMARTS) is 1. The lowest BCUT2D eigenvalue weighted by Gasteiger charge is -2.37. The van der Waals surface area contributed by atoms with Crippen molar-refractivity contribution >= 4 is 29.2 Å². The van der Waals surface area contributed by atoms with Crippen molar-refractivity contribution in [3.8, 4) is 0 Å². The van der Waals surface area contributed by atoms with Crippen LogP contribution < -0.4 is 5.43 Å².